The van der Waals surface area contributed by atoms with Crippen LogP contribution in [0.4, 0.5) is 0 Å². The van der Waals surface area contributed by atoms with Gasteiger partial charge in [0.25, 0.3) is 16.1 Å². The van der Waals surface area contributed by atoms with E-state index in [9.17, 15) is 18.3 Å². The molecule has 0 spiro atoms. The predicted octanol–water partition coefficient (Wildman–Crippen LogP) is 2.42. The molecule has 1 amide bonds. The highest BCUT2D eigenvalue weighted by atomic mass is 32.2. The van der Waals surface area contributed by atoms with Crippen LogP contribution in [0.2, 0.25) is 0 Å². The third kappa shape index (κ3) is 4.10. The number of rotatable bonds is 3. The van der Waals surface area contributed by atoms with E-state index >= 15 is 0 Å². The lowest BCUT2D eigenvalue weighted by molar-refractivity contribution is 0.0691. The Balaban J connectivity index is 1.45. The van der Waals surface area contributed by atoms with Gasteiger partial charge in [0.15, 0.2) is 0 Å². The molecule has 156 valence electrons. The first kappa shape index (κ1) is 20.1. The van der Waals surface area contributed by atoms with Crippen LogP contribution in [0.25, 0.3) is 10.8 Å². The number of hydrogen-bond donors (Lipinski definition) is 1. The van der Waals surface area contributed by atoms with E-state index in [2.05, 4.69) is 0 Å². The fourth-order valence-electron chi connectivity index (χ4n) is 4.13. The first-order valence-electron chi connectivity index (χ1n) is 10.2. The number of nitrogens with zero attached hydrogens (tertiary/aromatic N) is 3. The van der Waals surface area contributed by atoms with Crippen molar-refractivity contribution in [3.8, 4) is 5.75 Å². The molecule has 2 saturated heterocycles. The lowest BCUT2D eigenvalue weighted by Gasteiger charge is -2.36. The Hall–Kier alpha value is -2.16. The number of phenolic OH excluding ortho intramolecular Hbond substituents is 1. The fourth-order valence-corrected chi connectivity index (χ4v) is 5.80. The number of phenols is 1. The fraction of sp³-hybridized carbons (Fsp3) is 0.476. The number of piperazine rings is 1. The van der Waals surface area contributed by atoms with Crippen LogP contribution in [0, 0.1) is 0 Å². The smallest absolute Gasteiger partial charge is 0.282 e. The van der Waals surface area contributed by atoms with E-state index in [1.54, 1.807) is 21.3 Å². The van der Waals surface area contributed by atoms with Crippen molar-refractivity contribution in [1.29, 1.82) is 0 Å². The molecule has 0 bridgehead atoms. The van der Waals surface area contributed by atoms with Crippen molar-refractivity contribution >= 4 is 26.9 Å². The van der Waals surface area contributed by atoms with Crippen LogP contribution in [-0.4, -0.2) is 72.2 Å². The summed E-state index contributed by atoms with van der Waals surface area (Å²) in [5, 5.41) is 12.1. The second-order valence-corrected chi connectivity index (χ2v) is 9.66. The quantitative estimate of drug-likeness (QED) is 0.832. The lowest BCUT2D eigenvalue weighted by Crippen LogP contribution is -2.54. The summed E-state index contributed by atoms with van der Waals surface area (Å²) in [7, 11) is -3.48. The minimum Gasteiger partial charge on any atom is -0.507 e. The molecule has 2 fully saturated rings. The molecule has 0 atom stereocenters. The van der Waals surface area contributed by atoms with Crippen molar-refractivity contribution in [2.24, 2.45) is 0 Å². The summed E-state index contributed by atoms with van der Waals surface area (Å²) in [6, 6.07) is 10.9. The van der Waals surface area contributed by atoms with Gasteiger partial charge in [0.2, 0.25) is 0 Å². The van der Waals surface area contributed by atoms with Crippen LogP contribution < -0.4 is 0 Å². The average molecular weight is 418 g/mol. The summed E-state index contributed by atoms with van der Waals surface area (Å²) in [6.45, 7) is 2.34. The molecule has 0 aromatic heterocycles. The molecule has 4 rings (SSSR count). The van der Waals surface area contributed by atoms with E-state index in [1.807, 2.05) is 24.3 Å². The van der Waals surface area contributed by atoms with E-state index in [0.717, 1.165) is 36.5 Å². The molecule has 2 aromatic carbocycles. The summed E-state index contributed by atoms with van der Waals surface area (Å²) in [4.78, 5) is 14.6. The summed E-state index contributed by atoms with van der Waals surface area (Å²) < 4.78 is 29.0. The monoisotopic (exact) mass is 417 g/mol. The Morgan fingerprint density at radius 2 is 1.34 bits per heavy atom. The highest BCUT2D eigenvalue weighted by Crippen LogP contribution is 2.27. The summed E-state index contributed by atoms with van der Waals surface area (Å²) in [5.41, 5.74) is 0.257. The molecule has 2 aliphatic heterocycles. The van der Waals surface area contributed by atoms with Gasteiger partial charge in [-0.15, -0.1) is 0 Å². The lowest BCUT2D eigenvalue weighted by atomic mass is 10.0. The average Bonchev–Trinajstić information content (AvgIpc) is 3.03. The van der Waals surface area contributed by atoms with Gasteiger partial charge in [-0.05, 0) is 35.7 Å². The molecule has 0 radical (unpaired) electrons. The van der Waals surface area contributed by atoms with Gasteiger partial charge >= 0.3 is 0 Å². The molecule has 2 aromatic rings. The molecule has 8 heteroatoms. The van der Waals surface area contributed by atoms with Gasteiger partial charge in [-0.3, -0.25) is 4.79 Å². The van der Waals surface area contributed by atoms with Crippen LogP contribution in [0.3, 0.4) is 0 Å². The Labute approximate surface area is 171 Å². The minimum atomic E-state index is -3.48. The maximum Gasteiger partial charge on any atom is 0.282 e. The van der Waals surface area contributed by atoms with Crippen LogP contribution in [0.5, 0.6) is 5.75 Å². The van der Waals surface area contributed by atoms with Gasteiger partial charge in [0, 0.05) is 39.3 Å². The number of carbonyl (C=O) groups excluding carboxylic acids is 1. The van der Waals surface area contributed by atoms with Gasteiger partial charge in [-0.25, -0.2) is 0 Å². The maximum atomic E-state index is 13.0. The molecular formula is C21H27N3O4S. The number of aromatic hydroxyl groups is 1. The molecule has 2 heterocycles. The predicted molar refractivity (Wildman–Crippen MR) is 112 cm³/mol. The zero-order valence-electron chi connectivity index (χ0n) is 16.5. The van der Waals surface area contributed by atoms with E-state index in [-0.39, 0.29) is 30.3 Å². The number of fused-ring (bicyclic) bond motifs is 1. The second kappa shape index (κ2) is 8.30. The molecule has 1 N–H and O–H groups in total. The minimum absolute atomic E-state index is 0.0479. The Kier molecular flexibility index (Phi) is 5.76. The SMILES string of the molecule is O=C(c1cc2ccccc2cc1O)N1CCN(S(=O)(=O)N2CCCCCC2)CC1. The van der Waals surface area contributed by atoms with Crippen LogP contribution in [-0.2, 0) is 10.2 Å². The van der Waals surface area contributed by atoms with E-state index < -0.39 is 10.2 Å². The van der Waals surface area contributed by atoms with Gasteiger partial charge in [0.05, 0.1) is 5.56 Å². The molecule has 7 nitrogen and oxygen atoms in total. The topological polar surface area (TPSA) is 81.2 Å². The van der Waals surface area contributed by atoms with Crippen molar-refractivity contribution < 1.29 is 18.3 Å². The number of hydrogen-bond acceptors (Lipinski definition) is 4. The van der Waals surface area contributed by atoms with Gasteiger partial charge < -0.3 is 10.0 Å². The summed E-state index contributed by atoms with van der Waals surface area (Å²) >= 11 is 0. The largest absolute Gasteiger partial charge is 0.507 e. The van der Waals surface area contributed by atoms with Gasteiger partial charge in [-0.1, -0.05) is 37.1 Å². The molecule has 29 heavy (non-hydrogen) atoms. The third-order valence-corrected chi connectivity index (χ3v) is 7.87. The molecule has 0 aliphatic carbocycles. The zero-order chi connectivity index (χ0) is 20.4. The van der Waals surface area contributed by atoms with E-state index in [4.69, 9.17) is 0 Å². The number of amides is 1. The van der Waals surface area contributed by atoms with Crippen molar-refractivity contribution in [3.63, 3.8) is 0 Å². The Bertz CT molecular complexity index is 992. The van der Waals surface area contributed by atoms with Crippen molar-refractivity contribution in [3.05, 3.63) is 42.0 Å². The van der Waals surface area contributed by atoms with Crippen molar-refractivity contribution in [1.82, 2.24) is 13.5 Å². The standard InChI is InChI=1S/C21H27N3O4S/c25-20-16-18-8-4-3-7-17(18)15-19(20)21(26)22-11-13-24(14-12-22)29(27,28)23-9-5-1-2-6-10-23/h3-4,7-8,15-16,25H,1-2,5-6,9-14H2. The first-order valence-corrected chi connectivity index (χ1v) is 11.6. The number of benzene rings is 2. The highest BCUT2D eigenvalue weighted by molar-refractivity contribution is 7.86. The van der Waals surface area contributed by atoms with Crippen molar-refractivity contribution in [2.75, 3.05) is 39.3 Å². The first-order chi connectivity index (χ1) is 14.0. The second-order valence-electron chi connectivity index (χ2n) is 7.73. The normalized spacial score (nSPS) is 19.9. The molecule has 0 unspecified atom stereocenters. The van der Waals surface area contributed by atoms with Gasteiger partial charge in [0.1, 0.15) is 5.75 Å². The van der Waals surface area contributed by atoms with Crippen LogP contribution in [0.15, 0.2) is 36.4 Å². The Morgan fingerprint density at radius 3 is 1.97 bits per heavy atom. The van der Waals surface area contributed by atoms with Crippen LogP contribution >= 0.6 is 0 Å². The van der Waals surface area contributed by atoms with E-state index in [1.165, 1.54) is 4.31 Å². The van der Waals surface area contributed by atoms with E-state index in [0.29, 0.717) is 26.2 Å². The van der Waals surface area contributed by atoms with Gasteiger partial charge in [-0.2, -0.15) is 17.0 Å². The number of carbonyl (C=O) groups is 1. The zero-order valence-corrected chi connectivity index (χ0v) is 17.3. The highest BCUT2D eigenvalue weighted by Gasteiger charge is 2.34. The summed E-state index contributed by atoms with van der Waals surface area (Å²) in [6.07, 6.45) is 3.95. The summed E-state index contributed by atoms with van der Waals surface area (Å²) in [5.74, 6) is -0.312. The third-order valence-electron chi connectivity index (χ3n) is 5.84. The molecular weight excluding hydrogens is 390 g/mol. The van der Waals surface area contributed by atoms with Crippen LogP contribution in [0.1, 0.15) is 36.0 Å². The molecule has 0 saturated carbocycles. The Morgan fingerprint density at radius 1 is 0.793 bits per heavy atom. The molecule has 2 aliphatic rings. The van der Waals surface area contributed by atoms with Crippen molar-refractivity contribution in [2.45, 2.75) is 25.7 Å². The maximum absolute atomic E-state index is 13.0.